The van der Waals surface area contributed by atoms with Gasteiger partial charge in [0.2, 0.25) is 5.69 Å². The molecular weight excluding hydrogens is 266 g/mol. The first-order valence-electron chi connectivity index (χ1n) is 6.62. The zero-order chi connectivity index (χ0) is 15.2. The van der Waals surface area contributed by atoms with Crippen molar-refractivity contribution in [3.8, 4) is 17.2 Å². The molecule has 4 heteroatoms. The van der Waals surface area contributed by atoms with E-state index in [1.807, 2.05) is 60.3 Å². The van der Waals surface area contributed by atoms with Gasteiger partial charge in [-0.25, -0.2) is 4.57 Å². The van der Waals surface area contributed by atoms with Gasteiger partial charge in [-0.1, -0.05) is 0 Å². The molecule has 0 fully saturated rings. The largest absolute Gasteiger partial charge is 0.496 e. The van der Waals surface area contributed by atoms with Crippen LogP contribution in [0.4, 0.5) is 0 Å². The van der Waals surface area contributed by atoms with Crippen molar-refractivity contribution in [2.75, 3.05) is 21.3 Å². The van der Waals surface area contributed by atoms with E-state index in [4.69, 9.17) is 14.2 Å². The Kier molecular flexibility index (Phi) is 4.82. The molecule has 0 amide bonds. The smallest absolute Gasteiger partial charge is 0.204 e. The number of rotatable bonds is 5. The Bertz CT molecular complexity index is 650. The molecule has 0 saturated heterocycles. The molecule has 0 aliphatic rings. The average molecular weight is 286 g/mol. The molecule has 4 nitrogen and oxygen atoms in total. The highest BCUT2D eigenvalue weighted by molar-refractivity contribution is 5.72. The molecule has 0 radical (unpaired) electrons. The minimum absolute atomic E-state index is 0.650. The summed E-state index contributed by atoms with van der Waals surface area (Å²) in [5, 5.41) is 0. The summed E-state index contributed by atoms with van der Waals surface area (Å²) in [7, 11) is 6.87. The van der Waals surface area contributed by atoms with Gasteiger partial charge in [-0.15, -0.1) is 0 Å². The van der Waals surface area contributed by atoms with Gasteiger partial charge in [0.25, 0.3) is 0 Å². The second-order valence-electron chi connectivity index (χ2n) is 4.52. The topological polar surface area (TPSA) is 31.6 Å². The molecule has 1 heterocycles. The lowest BCUT2D eigenvalue weighted by Crippen LogP contribution is -2.30. The number of pyridine rings is 1. The summed E-state index contributed by atoms with van der Waals surface area (Å²) in [6.45, 7) is 0. The minimum Gasteiger partial charge on any atom is -0.496 e. The van der Waals surface area contributed by atoms with Crippen molar-refractivity contribution in [2.45, 2.75) is 0 Å². The number of hydrogen-bond acceptors (Lipinski definition) is 3. The monoisotopic (exact) mass is 286 g/mol. The van der Waals surface area contributed by atoms with Crippen molar-refractivity contribution >= 4 is 12.2 Å². The second kappa shape index (κ2) is 6.79. The van der Waals surface area contributed by atoms with Crippen molar-refractivity contribution in [1.82, 2.24) is 0 Å². The fraction of sp³-hybridized carbons (Fsp3) is 0.235. The number of benzene rings is 1. The molecule has 0 bridgehead atoms. The highest BCUT2D eigenvalue weighted by Crippen LogP contribution is 2.35. The Morgan fingerprint density at radius 2 is 1.52 bits per heavy atom. The van der Waals surface area contributed by atoms with E-state index in [9.17, 15) is 0 Å². The molecule has 0 aliphatic heterocycles. The number of aryl methyl sites for hydroxylation is 1. The highest BCUT2D eigenvalue weighted by atomic mass is 16.5. The maximum Gasteiger partial charge on any atom is 0.204 e. The van der Waals surface area contributed by atoms with Crippen LogP contribution in [0.25, 0.3) is 12.2 Å². The number of ether oxygens (including phenoxy) is 3. The van der Waals surface area contributed by atoms with Crippen LogP contribution in [0.1, 0.15) is 11.3 Å². The summed E-state index contributed by atoms with van der Waals surface area (Å²) in [6.07, 6.45) is 6.03. The lowest BCUT2D eigenvalue weighted by atomic mass is 10.1. The van der Waals surface area contributed by atoms with Crippen molar-refractivity contribution in [3.05, 3.63) is 47.8 Å². The Balaban J connectivity index is 2.41. The van der Waals surface area contributed by atoms with Crippen LogP contribution in [0.3, 0.4) is 0 Å². The molecule has 0 aliphatic carbocycles. The van der Waals surface area contributed by atoms with E-state index in [1.54, 1.807) is 21.3 Å². The Labute approximate surface area is 125 Å². The molecule has 0 unspecified atom stereocenters. The van der Waals surface area contributed by atoms with Crippen LogP contribution in [0.15, 0.2) is 36.5 Å². The molecular formula is C17H20NO3+. The lowest BCUT2D eigenvalue weighted by Gasteiger charge is -2.12. The van der Waals surface area contributed by atoms with Crippen LogP contribution in [-0.4, -0.2) is 21.3 Å². The zero-order valence-electron chi connectivity index (χ0n) is 12.8. The Hall–Kier alpha value is -2.49. The van der Waals surface area contributed by atoms with Crippen LogP contribution in [-0.2, 0) is 7.05 Å². The number of nitrogens with zero attached hydrogens (tertiary/aromatic N) is 1. The van der Waals surface area contributed by atoms with Crippen LogP contribution in [0, 0.1) is 0 Å². The summed E-state index contributed by atoms with van der Waals surface area (Å²) in [6, 6.07) is 9.77. The standard InChI is InChI=1S/C17H20NO3/c1-18-10-6-5-7-14(18)9-8-13-11-16(20-3)17(21-4)12-15(13)19-2/h5-12H,1-4H3/q+1. The van der Waals surface area contributed by atoms with Crippen molar-refractivity contribution < 1.29 is 18.8 Å². The number of methoxy groups -OCH3 is 3. The van der Waals surface area contributed by atoms with Crippen molar-refractivity contribution in [1.29, 1.82) is 0 Å². The molecule has 1 aromatic carbocycles. The summed E-state index contributed by atoms with van der Waals surface area (Å²) in [5.41, 5.74) is 2.02. The summed E-state index contributed by atoms with van der Waals surface area (Å²) < 4.78 is 18.1. The molecule has 0 saturated carbocycles. The van der Waals surface area contributed by atoms with Gasteiger partial charge in [-0.05, 0) is 18.2 Å². The van der Waals surface area contributed by atoms with Gasteiger partial charge < -0.3 is 14.2 Å². The van der Waals surface area contributed by atoms with Crippen LogP contribution in [0.2, 0.25) is 0 Å². The first-order valence-corrected chi connectivity index (χ1v) is 6.62. The number of aromatic nitrogens is 1. The third kappa shape index (κ3) is 3.34. The van der Waals surface area contributed by atoms with Gasteiger partial charge >= 0.3 is 0 Å². The van der Waals surface area contributed by atoms with Gasteiger partial charge in [0, 0.05) is 29.8 Å². The zero-order valence-corrected chi connectivity index (χ0v) is 12.8. The van der Waals surface area contributed by atoms with Crippen LogP contribution in [0.5, 0.6) is 17.2 Å². The average Bonchev–Trinajstić information content (AvgIpc) is 2.53. The van der Waals surface area contributed by atoms with E-state index < -0.39 is 0 Å². The maximum atomic E-state index is 5.41. The quantitative estimate of drug-likeness (QED) is 0.792. The predicted molar refractivity (Wildman–Crippen MR) is 82.6 cm³/mol. The Morgan fingerprint density at radius 3 is 2.14 bits per heavy atom. The Morgan fingerprint density at radius 1 is 0.857 bits per heavy atom. The first-order chi connectivity index (χ1) is 10.2. The molecule has 0 N–H and O–H groups in total. The van der Waals surface area contributed by atoms with Gasteiger partial charge in [-0.2, -0.15) is 0 Å². The highest BCUT2D eigenvalue weighted by Gasteiger charge is 2.10. The van der Waals surface area contributed by atoms with Gasteiger partial charge in [0.15, 0.2) is 17.7 Å². The lowest BCUT2D eigenvalue weighted by molar-refractivity contribution is -0.673. The van der Waals surface area contributed by atoms with Crippen molar-refractivity contribution in [3.63, 3.8) is 0 Å². The minimum atomic E-state index is 0.650. The molecule has 110 valence electrons. The summed E-state index contributed by atoms with van der Waals surface area (Å²) >= 11 is 0. The summed E-state index contributed by atoms with van der Waals surface area (Å²) in [5.74, 6) is 2.06. The second-order valence-corrected chi connectivity index (χ2v) is 4.52. The molecule has 2 aromatic rings. The van der Waals surface area contributed by atoms with E-state index in [-0.39, 0.29) is 0 Å². The molecule has 2 rings (SSSR count). The van der Waals surface area contributed by atoms with E-state index >= 15 is 0 Å². The van der Waals surface area contributed by atoms with Gasteiger partial charge in [-0.3, -0.25) is 0 Å². The van der Waals surface area contributed by atoms with E-state index in [0.717, 1.165) is 17.0 Å². The molecule has 21 heavy (non-hydrogen) atoms. The number of hydrogen-bond donors (Lipinski definition) is 0. The normalized spacial score (nSPS) is 10.7. The van der Waals surface area contributed by atoms with Gasteiger partial charge in [0.1, 0.15) is 12.8 Å². The third-order valence-electron chi connectivity index (χ3n) is 3.26. The fourth-order valence-corrected chi connectivity index (χ4v) is 2.07. The SMILES string of the molecule is COc1cc(OC)c(OC)cc1C=Cc1cccc[n+]1C. The first kappa shape index (κ1) is 14.9. The van der Waals surface area contributed by atoms with E-state index in [0.29, 0.717) is 11.5 Å². The maximum absolute atomic E-state index is 5.41. The molecule has 1 aromatic heterocycles. The molecule has 0 spiro atoms. The van der Waals surface area contributed by atoms with E-state index in [1.165, 1.54) is 0 Å². The van der Waals surface area contributed by atoms with Gasteiger partial charge in [0.05, 0.1) is 21.3 Å². The fourth-order valence-electron chi connectivity index (χ4n) is 2.07. The van der Waals surface area contributed by atoms with Crippen molar-refractivity contribution in [2.24, 2.45) is 7.05 Å². The predicted octanol–water partition coefficient (Wildman–Crippen LogP) is 2.71. The van der Waals surface area contributed by atoms with E-state index in [2.05, 4.69) is 0 Å². The summed E-state index contributed by atoms with van der Waals surface area (Å²) in [4.78, 5) is 0. The van der Waals surface area contributed by atoms with Crippen LogP contribution >= 0.6 is 0 Å². The third-order valence-corrected chi connectivity index (χ3v) is 3.26. The molecule has 0 atom stereocenters. The van der Waals surface area contributed by atoms with Crippen LogP contribution < -0.4 is 18.8 Å².